The molecule has 4 aromatic heterocycles. The van der Waals surface area contributed by atoms with Crippen molar-refractivity contribution in [1.82, 2.24) is 24.8 Å². The first-order chi connectivity index (χ1) is 30.2. The van der Waals surface area contributed by atoms with Crippen LogP contribution >= 0.6 is 0 Å². The van der Waals surface area contributed by atoms with E-state index in [1.165, 1.54) is 60.4 Å². The number of hydrogen-bond acceptors (Lipinski definition) is 14. The summed E-state index contributed by atoms with van der Waals surface area (Å²) in [4.78, 5) is 65.6. The topological polar surface area (TPSA) is 179 Å². The Hall–Kier alpha value is -7.97. The number of rotatable bonds is 8. The number of carbonyl (C=O) groups is 3. The molecule has 17 nitrogen and oxygen atoms in total. The number of benzene rings is 3. The summed E-state index contributed by atoms with van der Waals surface area (Å²) in [5, 5.41) is 0. The van der Waals surface area contributed by atoms with E-state index in [0.717, 1.165) is 17.0 Å². The molecule has 1 fully saturated rings. The van der Waals surface area contributed by atoms with Crippen LogP contribution in [0.25, 0.3) is 22.5 Å². The lowest BCUT2D eigenvalue weighted by Gasteiger charge is -2.38. The molecule has 1 aliphatic heterocycles. The molecule has 4 amide bonds. The van der Waals surface area contributed by atoms with Crippen LogP contribution < -0.4 is 33.6 Å². The minimum Gasteiger partial charge on any atom is -0.478 e. The highest BCUT2D eigenvalue weighted by Crippen LogP contribution is 2.40. The number of aryl methyl sites for hydroxylation is 2. The Morgan fingerprint density at radius 3 is 1.89 bits per heavy atom. The van der Waals surface area contributed by atoms with Gasteiger partial charge in [-0.05, 0) is 56.3 Å². The van der Waals surface area contributed by atoms with Crippen LogP contribution in [0.2, 0.25) is 0 Å². The lowest BCUT2D eigenvalue weighted by Crippen LogP contribution is -2.52. The first-order valence-corrected chi connectivity index (χ1v) is 18.9. The van der Waals surface area contributed by atoms with Gasteiger partial charge in [0.05, 0.1) is 25.5 Å². The van der Waals surface area contributed by atoms with Crippen LogP contribution in [0.1, 0.15) is 17.1 Å². The van der Waals surface area contributed by atoms with Gasteiger partial charge in [0, 0.05) is 44.0 Å². The summed E-state index contributed by atoms with van der Waals surface area (Å²) in [6.45, 7) is 3.19. The largest absolute Gasteiger partial charge is 0.478 e. The second kappa shape index (κ2) is 16.8. The number of halogens is 4. The number of amides is 4. The molecule has 0 atom stereocenters. The number of nitrogens with zero attached hydrogens (tertiary/aromatic N) is 8. The zero-order valence-corrected chi connectivity index (χ0v) is 33.7. The van der Waals surface area contributed by atoms with Crippen molar-refractivity contribution in [2.75, 3.05) is 55.1 Å². The number of aromatic nitrogens is 4. The minimum absolute atomic E-state index is 0.00161. The molecule has 0 unspecified atom stereocenters. The average Bonchev–Trinajstić information content (AvgIpc) is 3.82. The number of hydrogen-bond donors (Lipinski definition) is 0. The lowest BCUT2D eigenvalue weighted by molar-refractivity contribution is -0.137. The van der Waals surface area contributed by atoms with Gasteiger partial charge in [0.2, 0.25) is 23.1 Å². The van der Waals surface area contributed by atoms with Gasteiger partial charge in [0.15, 0.2) is 5.75 Å². The normalized spacial score (nSPS) is 13.0. The van der Waals surface area contributed by atoms with E-state index in [-0.39, 0.29) is 89.1 Å². The molecule has 1 saturated heterocycles. The molecule has 1 aliphatic rings. The Morgan fingerprint density at radius 1 is 0.698 bits per heavy atom. The van der Waals surface area contributed by atoms with Crippen molar-refractivity contribution in [3.8, 4) is 23.3 Å². The van der Waals surface area contributed by atoms with E-state index in [4.69, 9.17) is 27.8 Å². The van der Waals surface area contributed by atoms with Crippen molar-refractivity contribution in [3.63, 3.8) is 0 Å². The Balaban J connectivity index is 1.18. The first-order valence-electron chi connectivity index (χ1n) is 18.9. The number of furan rings is 2. The van der Waals surface area contributed by atoms with Gasteiger partial charge in [-0.3, -0.25) is 0 Å². The van der Waals surface area contributed by atoms with E-state index in [2.05, 4.69) is 19.9 Å². The quantitative estimate of drug-likeness (QED) is 0.132. The summed E-state index contributed by atoms with van der Waals surface area (Å²) in [6.07, 6.45) is -7.43. The highest BCUT2D eigenvalue weighted by atomic mass is 19.4. The van der Waals surface area contributed by atoms with Crippen LogP contribution in [0.5, 0.6) is 23.3 Å². The summed E-state index contributed by atoms with van der Waals surface area (Å²) in [7, 11) is 2.53. The maximum Gasteiger partial charge on any atom is 0.431 e. The second-order valence-corrected chi connectivity index (χ2v) is 13.8. The summed E-state index contributed by atoms with van der Waals surface area (Å²) in [5.41, 5.74) is -0.721. The molecule has 5 heterocycles. The summed E-state index contributed by atoms with van der Waals surface area (Å²) >= 11 is 0. The molecule has 324 valence electrons. The molecule has 0 bridgehead atoms. The molecular formula is C42H34F4N8O9. The number of ether oxygens (including phenoxy) is 4. The number of para-hydroxylation sites is 3. The van der Waals surface area contributed by atoms with Crippen molar-refractivity contribution >= 4 is 63.7 Å². The van der Waals surface area contributed by atoms with Gasteiger partial charge in [-0.25, -0.2) is 33.6 Å². The maximum atomic E-state index is 14.9. The molecule has 3 aromatic carbocycles. The van der Waals surface area contributed by atoms with Gasteiger partial charge in [-0.15, -0.1) is 0 Å². The van der Waals surface area contributed by atoms with Crippen molar-refractivity contribution < 1.29 is 59.7 Å². The first kappa shape index (κ1) is 41.8. The van der Waals surface area contributed by atoms with Gasteiger partial charge < -0.3 is 37.6 Å². The average molecular weight is 871 g/mol. The predicted octanol–water partition coefficient (Wildman–Crippen LogP) is 8.84. The van der Waals surface area contributed by atoms with E-state index in [9.17, 15) is 31.9 Å². The number of anilines is 4. The Bertz CT molecular complexity index is 2860. The molecular weight excluding hydrogens is 837 g/mol. The molecule has 7 aromatic rings. The molecule has 0 aliphatic carbocycles. The molecule has 0 N–H and O–H groups in total. The third-order valence-corrected chi connectivity index (χ3v) is 9.62. The van der Waals surface area contributed by atoms with Crippen LogP contribution in [0, 0.1) is 19.7 Å². The van der Waals surface area contributed by atoms with Gasteiger partial charge in [-0.2, -0.15) is 28.0 Å². The second-order valence-electron chi connectivity index (χ2n) is 13.8. The van der Waals surface area contributed by atoms with Crippen LogP contribution in [-0.4, -0.2) is 83.5 Å². The Labute approximate surface area is 354 Å². The fourth-order valence-corrected chi connectivity index (χ4v) is 6.75. The number of methoxy groups -OCH3 is 2. The van der Waals surface area contributed by atoms with E-state index in [1.54, 1.807) is 44.2 Å². The van der Waals surface area contributed by atoms with Crippen LogP contribution in [-0.2, 0) is 6.18 Å². The molecule has 21 heteroatoms. The van der Waals surface area contributed by atoms with Gasteiger partial charge in [0.25, 0.3) is 11.8 Å². The van der Waals surface area contributed by atoms with Crippen molar-refractivity contribution in [1.29, 1.82) is 0 Å². The smallest absolute Gasteiger partial charge is 0.431 e. The standard InChI is InChI=1S/C42H34F4N8O9/c1-23-18-29-35(60-23)49-37(58-3)33(47-29)53(39(55)52-16-14-51(15-17-52)27-21-25(42(44,45)46)20-26(43)22-27)31-12-8-9-13-32(31)63-41(57)54(40(56)62-28-10-6-5-7-11-28)34-38(59-4)50-36-30(48-34)19-24(2)61-36/h5-13,18-22H,14-17H2,1-4H3. The van der Waals surface area contributed by atoms with Crippen molar-refractivity contribution in [3.05, 3.63) is 108 Å². The van der Waals surface area contributed by atoms with Gasteiger partial charge in [-0.1, -0.05) is 30.3 Å². The number of urea groups is 1. The van der Waals surface area contributed by atoms with E-state index < -0.39 is 41.6 Å². The van der Waals surface area contributed by atoms with Gasteiger partial charge >= 0.3 is 24.4 Å². The molecule has 0 saturated carbocycles. The number of imide groups is 1. The van der Waals surface area contributed by atoms with Crippen molar-refractivity contribution in [2.24, 2.45) is 0 Å². The zero-order valence-electron chi connectivity index (χ0n) is 33.7. The fourth-order valence-electron chi connectivity index (χ4n) is 6.75. The monoisotopic (exact) mass is 870 g/mol. The third kappa shape index (κ3) is 8.52. The number of piperazine rings is 1. The summed E-state index contributed by atoms with van der Waals surface area (Å²) in [6, 6.07) is 18.3. The predicted molar refractivity (Wildman–Crippen MR) is 216 cm³/mol. The van der Waals surface area contributed by atoms with Crippen molar-refractivity contribution in [2.45, 2.75) is 20.0 Å². The maximum absolute atomic E-state index is 14.9. The lowest BCUT2D eigenvalue weighted by atomic mass is 10.1. The molecule has 0 radical (unpaired) electrons. The highest BCUT2D eigenvalue weighted by Gasteiger charge is 2.38. The van der Waals surface area contributed by atoms with Gasteiger partial charge in [0.1, 0.15) is 34.1 Å². The number of alkyl halides is 3. The van der Waals surface area contributed by atoms with E-state index >= 15 is 0 Å². The van der Waals surface area contributed by atoms with E-state index in [0.29, 0.717) is 22.5 Å². The summed E-state index contributed by atoms with van der Waals surface area (Å²) in [5.74, 6) is -1.49. The minimum atomic E-state index is -4.79. The highest BCUT2D eigenvalue weighted by molar-refractivity contribution is 6.11. The Kier molecular flexibility index (Phi) is 11.2. The zero-order chi connectivity index (χ0) is 44.6. The molecule has 8 rings (SSSR count). The third-order valence-electron chi connectivity index (χ3n) is 9.62. The van der Waals surface area contributed by atoms with Crippen LogP contribution in [0.15, 0.2) is 93.8 Å². The Morgan fingerprint density at radius 2 is 1.27 bits per heavy atom. The number of fused-ring (bicyclic) bond motifs is 2. The van der Waals surface area contributed by atoms with Crippen LogP contribution in [0.4, 0.5) is 55.0 Å². The molecule has 0 spiro atoms. The molecule has 63 heavy (non-hydrogen) atoms. The van der Waals surface area contributed by atoms with E-state index in [1.807, 2.05) is 0 Å². The SMILES string of the molecule is COc1nc2oc(C)cc2nc1N(C(=O)Oc1ccccc1)C(=O)Oc1ccccc1N(C(=O)N1CCN(c2cc(F)cc(C(F)(F)F)c2)CC1)c1nc2cc(C)oc2nc1OC. The summed E-state index contributed by atoms with van der Waals surface area (Å²) < 4.78 is 88.9. The number of carbonyl (C=O) groups excluding carboxylic acids is 3. The van der Waals surface area contributed by atoms with Crippen LogP contribution in [0.3, 0.4) is 0 Å². The fraction of sp³-hybridized carbons (Fsp3) is 0.214.